The maximum absolute atomic E-state index is 12.6. The summed E-state index contributed by atoms with van der Waals surface area (Å²) in [4.78, 5) is 28.5. The van der Waals surface area contributed by atoms with Crippen LogP contribution in [0.25, 0.3) is 0 Å². The molecule has 1 aliphatic heterocycles. The second kappa shape index (κ2) is 10.3. The number of anilines is 1. The fourth-order valence-corrected chi connectivity index (χ4v) is 3.37. The van der Waals surface area contributed by atoms with Gasteiger partial charge in [0.15, 0.2) is 0 Å². The fraction of sp³-hybridized carbons (Fsp3) is 0.444. The summed E-state index contributed by atoms with van der Waals surface area (Å²) in [5, 5.41) is 6.56. The minimum atomic E-state index is -0.340. The molecule has 2 N–H and O–H groups in total. The van der Waals surface area contributed by atoms with Gasteiger partial charge in [0.25, 0.3) is 0 Å². The van der Waals surface area contributed by atoms with Gasteiger partial charge in [-0.1, -0.05) is 40.9 Å². The molecule has 1 atom stereocenters. The van der Waals surface area contributed by atoms with Gasteiger partial charge in [0.05, 0.1) is 33.3 Å². The predicted octanol–water partition coefficient (Wildman–Crippen LogP) is 2.89. The van der Waals surface area contributed by atoms with E-state index in [1.807, 2.05) is 6.92 Å². The molecule has 9 heteroatoms. The molecule has 1 fully saturated rings. The van der Waals surface area contributed by atoms with Crippen LogP contribution in [0.2, 0.25) is 15.1 Å². The van der Waals surface area contributed by atoms with Crippen LogP contribution in [0.15, 0.2) is 24.8 Å². The van der Waals surface area contributed by atoms with Crippen molar-refractivity contribution in [1.29, 1.82) is 0 Å². The van der Waals surface area contributed by atoms with Crippen molar-refractivity contribution in [2.75, 3.05) is 44.6 Å². The minimum Gasteiger partial charge on any atom is -0.352 e. The van der Waals surface area contributed by atoms with Crippen LogP contribution in [-0.2, 0) is 9.59 Å². The first-order valence-electron chi connectivity index (χ1n) is 8.61. The summed E-state index contributed by atoms with van der Waals surface area (Å²) < 4.78 is 0. The van der Waals surface area contributed by atoms with Crippen molar-refractivity contribution in [3.05, 3.63) is 39.9 Å². The SMILES string of the molecule is C=CCNC(=O)CN1CCN(C(C)C(=O)Nc2cc(Cl)c(Cl)cc2Cl)CC1. The number of hydrogen-bond acceptors (Lipinski definition) is 4. The van der Waals surface area contributed by atoms with Crippen LogP contribution in [0.3, 0.4) is 0 Å². The third kappa shape index (κ3) is 6.36. The lowest BCUT2D eigenvalue weighted by Crippen LogP contribution is -2.54. The monoisotopic (exact) mass is 432 g/mol. The van der Waals surface area contributed by atoms with Crippen LogP contribution < -0.4 is 10.6 Å². The molecule has 0 saturated carbocycles. The van der Waals surface area contributed by atoms with Crippen molar-refractivity contribution >= 4 is 52.3 Å². The minimum absolute atomic E-state index is 0.0246. The van der Waals surface area contributed by atoms with Crippen molar-refractivity contribution in [3.63, 3.8) is 0 Å². The van der Waals surface area contributed by atoms with E-state index in [1.165, 1.54) is 12.1 Å². The largest absolute Gasteiger partial charge is 0.352 e. The van der Waals surface area contributed by atoms with Crippen LogP contribution in [-0.4, -0.2) is 66.9 Å². The van der Waals surface area contributed by atoms with E-state index in [9.17, 15) is 9.59 Å². The molecular formula is C18H23Cl3N4O2. The summed E-state index contributed by atoms with van der Waals surface area (Å²) in [6.07, 6.45) is 1.65. The number of carbonyl (C=O) groups is 2. The maximum Gasteiger partial charge on any atom is 0.241 e. The zero-order valence-electron chi connectivity index (χ0n) is 15.1. The Morgan fingerprint density at radius 3 is 2.41 bits per heavy atom. The van der Waals surface area contributed by atoms with Crippen molar-refractivity contribution in [2.45, 2.75) is 13.0 Å². The van der Waals surface area contributed by atoms with Crippen LogP contribution >= 0.6 is 34.8 Å². The number of halogens is 3. The van der Waals surface area contributed by atoms with Crippen LogP contribution in [0, 0.1) is 0 Å². The number of nitrogens with zero attached hydrogens (tertiary/aromatic N) is 2. The first kappa shape index (κ1) is 22.0. The summed E-state index contributed by atoms with van der Waals surface area (Å²) >= 11 is 18.0. The Bertz CT molecular complexity index is 706. The molecular weight excluding hydrogens is 411 g/mol. The third-order valence-electron chi connectivity index (χ3n) is 4.41. The molecule has 27 heavy (non-hydrogen) atoms. The summed E-state index contributed by atoms with van der Waals surface area (Å²) in [6, 6.07) is 2.70. The molecule has 0 aromatic heterocycles. The molecule has 2 rings (SSSR count). The molecule has 1 saturated heterocycles. The number of amides is 2. The quantitative estimate of drug-likeness (QED) is 0.513. The zero-order chi connectivity index (χ0) is 20.0. The van der Waals surface area contributed by atoms with Gasteiger partial charge in [-0.25, -0.2) is 0 Å². The highest BCUT2D eigenvalue weighted by atomic mass is 35.5. The average molecular weight is 434 g/mol. The topological polar surface area (TPSA) is 64.7 Å². The van der Waals surface area contributed by atoms with E-state index in [1.54, 1.807) is 6.08 Å². The van der Waals surface area contributed by atoms with E-state index in [-0.39, 0.29) is 17.9 Å². The van der Waals surface area contributed by atoms with E-state index < -0.39 is 0 Å². The van der Waals surface area contributed by atoms with Crippen molar-refractivity contribution in [3.8, 4) is 0 Å². The highest BCUT2D eigenvalue weighted by Crippen LogP contribution is 2.32. The molecule has 1 aromatic carbocycles. The van der Waals surface area contributed by atoms with E-state index in [4.69, 9.17) is 34.8 Å². The van der Waals surface area contributed by atoms with Gasteiger partial charge in [-0.3, -0.25) is 19.4 Å². The molecule has 0 spiro atoms. The molecule has 1 aromatic rings. The Labute approximate surface area is 174 Å². The van der Waals surface area contributed by atoms with Gasteiger partial charge in [0, 0.05) is 32.7 Å². The fourth-order valence-electron chi connectivity index (χ4n) is 2.78. The van der Waals surface area contributed by atoms with E-state index in [0.29, 0.717) is 60.0 Å². The number of piperazine rings is 1. The lowest BCUT2D eigenvalue weighted by molar-refractivity contribution is -0.124. The highest BCUT2D eigenvalue weighted by molar-refractivity contribution is 6.44. The average Bonchev–Trinajstić information content (AvgIpc) is 2.64. The summed E-state index contributed by atoms with van der Waals surface area (Å²) in [5.74, 6) is -0.198. The van der Waals surface area contributed by atoms with E-state index in [2.05, 4.69) is 27.0 Å². The Morgan fingerprint density at radius 2 is 1.78 bits per heavy atom. The zero-order valence-corrected chi connectivity index (χ0v) is 17.4. The van der Waals surface area contributed by atoms with Crippen LogP contribution in [0.5, 0.6) is 0 Å². The van der Waals surface area contributed by atoms with E-state index in [0.717, 1.165) is 0 Å². The number of hydrogen-bond donors (Lipinski definition) is 2. The van der Waals surface area contributed by atoms with Crippen LogP contribution in [0.4, 0.5) is 5.69 Å². The molecule has 1 aliphatic rings. The Hall–Kier alpha value is -1.31. The molecule has 0 aliphatic carbocycles. The number of nitrogens with one attached hydrogen (secondary N) is 2. The Balaban J connectivity index is 1.85. The number of carbonyl (C=O) groups excluding carboxylic acids is 2. The van der Waals surface area contributed by atoms with Gasteiger partial charge in [-0.15, -0.1) is 6.58 Å². The molecule has 0 radical (unpaired) electrons. The lowest BCUT2D eigenvalue weighted by Gasteiger charge is -2.37. The third-order valence-corrected chi connectivity index (χ3v) is 5.45. The standard InChI is InChI=1S/C18H23Cl3N4O2/c1-3-4-22-17(26)11-24-5-7-25(8-6-24)12(2)18(27)23-16-10-14(20)13(19)9-15(16)21/h3,9-10,12H,1,4-8,11H2,2H3,(H,22,26)(H,23,27). The Kier molecular flexibility index (Phi) is 8.38. The normalized spacial score (nSPS) is 16.6. The molecule has 2 amide bonds. The van der Waals surface area contributed by atoms with Gasteiger partial charge in [0.2, 0.25) is 11.8 Å². The molecule has 1 heterocycles. The lowest BCUT2D eigenvalue weighted by atomic mass is 10.2. The smallest absolute Gasteiger partial charge is 0.241 e. The van der Waals surface area contributed by atoms with E-state index >= 15 is 0 Å². The van der Waals surface area contributed by atoms with Crippen molar-refractivity contribution in [2.24, 2.45) is 0 Å². The first-order valence-corrected chi connectivity index (χ1v) is 9.74. The number of benzene rings is 1. The van der Waals surface area contributed by atoms with Crippen LogP contribution in [0.1, 0.15) is 6.92 Å². The predicted molar refractivity (Wildman–Crippen MR) is 111 cm³/mol. The molecule has 6 nitrogen and oxygen atoms in total. The van der Waals surface area contributed by atoms with Crippen molar-refractivity contribution in [1.82, 2.24) is 15.1 Å². The van der Waals surface area contributed by atoms with Gasteiger partial charge in [-0.2, -0.15) is 0 Å². The summed E-state index contributed by atoms with van der Waals surface area (Å²) in [6.45, 7) is 9.04. The van der Waals surface area contributed by atoms with Gasteiger partial charge in [0.1, 0.15) is 0 Å². The highest BCUT2D eigenvalue weighted by Gasteiger charge is 2.26. The number of rotatable bonds is 7. The summed E-state index contributed by atoms with van der Waals surface area (Å²) in [7, 11) is 0. The second-order valence-corrected chi connectivity index (χ2v) is 7.54. The molecule has 0 bridgehead atoms. The van der Waals surface area contributed by atoms with Crippen molar-refractivity contribution < 1.29 is 9.59 Å². The first-order chi connectivity index (χ1) is 12.8. The van der Waals surface area contributed by atoms with Gasteiger partial charge < -0.3 is 10.6 Å². The Morgan fingerprint density at radius 1 is 1.15 bits per heavy atom. The second-order valence-electron chi connectivity index (χ2n) is 6.32. The van der Waals surface area contributed by atoms with Gasteiger partial charge in [-0.05, 0) is 19.1 Å². The maximum atomic E-state index is 12.6. The molecule has 148 valence electrons. The molecule has 1 unspecified atom stereocenters. The van der Waals surface area contributed by atoms with Gasteiger partial charge >= 0.3 is 0 Å². The summed E-state index contributed by atoms with van der Waals surface area (Å²) in [5.41, 5.74) is 0.431.